The van der Waals surface area contributed by atoms with Crippen LogP contribution in [0.3, 0.4) is 0 Å². The Hall–Kier alpha value is -7.42. The molecule has 0 aliphatic carbocycles. The highest BCUT2D eigenvalue weighted by molar-refractivity contribution is 6.16. The number of hydrogen-bond acceptors (Lipinski definition) is 1. The summed E-state index contributed by atoms with van der Waals surface area (Å²) in [5.41, 5.74) is 16.4. The smallest absolute Gasteiger partial charge is 0.0547 e. The third kappa shape index (κ3) is 6.14. The first kappa shape index (κ1) is 33.2. The quantitative estimate of drug-likeness (QED) is 0.152. The lowest BCUT2D eigenvalue weighted by Crippen LogP contribution is -2.10. The van der Waals surface area contributed by atoms with Crippen LogP contribution in [0.5, 0.6) is 0 Å². The molecule has 0 bridgehead atoms. The Morgan fingerprint density at radius 2 is 0.750 bits per heavy atom. The third-order valence-corrected chi connectivity index (χ3v) is 10.8. The highest BCUT2D eigenvalue weighted by atomic mass is 15.1. The fourth-order valence-electron chi connectivity index (χ4n) is 8.14. The minimum absolute atomic E-state index is 1.09. The Labute approximate surface area is 327 Å². The molecule has 9 aromatic carbocycles. The van der Waals surface area contributed by atoms with Crippen LogP contribution in [0.1, 0.15) is 0 Å². The molecule has 0 spiro atoms. The summed E-state index contributed by atoms with van der Waals surface area (Å²) in [6.45, 7) is 0. The van der Waals surface area contributed by atoms with Crippen molar-refractivity contribution in [3.8, 4) is 50.2 Å². The summed E-state index contributed by atoms with van der Waals surface area (Å²) in [5, 5.41) is 2.50. The molecular weight excluding hydrogens is 677 g/mol. The van der Waals surface area contributed by atoms with Crippen LogP contribution in [0.2, 0.25) is 0 Å². The van der Waals surface area contributed by atoms with Crippen molar-refractivity contribution in [3.63, 3.8) is 0 Å². The molecule has 0 unspecified atom stereocenters. The van der Waals surface area contributed by atoms with Crippen molar-refractivity contribution in [2.75, 3.05) is 4.90 Å². The van der Waals surface area contributed by atoms with Crippen LogP contribution in [-0.4, -0.2) is 4.57 Å². The van der Waals surface area contributed by atoms with Crippen LogP contribution in [0.15, 0.2) is 231 Å². The predicted molar refractivity (Wildman–Crippen MR) is 237 cm³/mol. The van der Waals surface area contributed by atoms with E-state index in [1.807, 2.05) is 0 Å². The van der Waals surface area contributed by atoms with Gasteiger partial charge in [-0.2, -0.15) is 0 Å². The van der Waals surface area contributed by atoms with E-state index in [9.17, 15) is 0 Å². The molecular formula is C54H38N2. The van der Waals surface area contributed by atoms with Gasteiger partial charge in [-0.1, -0.05) is 164 Å². The first-order valence-corrected chi connectivity index (χ1v) is 19.2. The minimum atomic E-state index is 1.09. The number of nitrogens with zero attached hydrogens (tertiary/aromatic N) is 2. The van der Waals surface area contributed by atoms with Crippen molar-refractivity contribution < 1.29 is 0 Å². The van der Waals surface area contributed by atoms with Crippen molar-refractivity contribution in [3.05, 3.63) is 231 Å². The number of fused-ring (bicyclic) bond motifs is 3. The van der Waals surface area contributed by atoms with E-state index in [2.05, 4.69) is 240 Å². The number of hydrogen-bond donors (Lipinski definition) is 0. The molecule has 1 heterocycles. The summed E-state index contributed by atoms with van der Waals surface area (Å²) < 4.78 is 2.39. The van der Waals surface area contributed by atoms with Gasteiger partial charge in [-0.05, 0) is 111 Å². The van der Waals surface area contributed by atoms with Gasteiger partial charge in [0.15, 0.2) is 0 Å². The van der Waals surface area contributed by atoms with E-state index >= 15 is 0 Å². The van der Waals surface area contributed by atoms with Crippen molar-refractivity contribution in [2.24, 2.45) is 0 Å². The minimum Gasteiger partial charge on any atom is -0.310 e. The van der Waals surface area contributed by atoms with Crippen molar-refractivity contribution in [2.45, 2.75) is 0 Å². The van der Waals surface area contributed by atoms with Crippen molar-refractivity contribution >= 4 is 38.9 Å². The lowest BCUT2D eigenvalue weighted by atomic mass is 9.98. The molecule has 0 fully saturated rings. The molecule has 264 valence electrons. The number of para-hydroxylation sites is 2. The molecule has 56 heavy (non-hydrogen) atoms. The Morgan fingerprint density at radius 3 is 1.41 bits per heavy atom. The molecule has 0 radical (unpaired) electrons. The fourth-order valence-corrected chi connectivity index (χ4v) is 8.14. The SMILES string of the molecule is c1ccc(-c2cccc(-c3ccc(N(c4cccc(-c5ccccc5)c4)c4cccc(-c5cccc6c5c5ccccc5n6-c5ccccc5)c4)cc3)c2)cc1. The molecule has 10 rings (SSSR count). The Morgan fingerprint density at radius 1 is 0.286 bits per heavy atom. The Balaban J connectivity index is 1.11. The lowest BCUT2D eigenvalue weighted by Gasteiger charge is -2.27. The van der Waals surface area contributed by atoms with E-state index < -0.39 is 0 Å². The highest BCUT2D eigenvalue weighted by Gasteiger charge is 2.19. The average Bonchev–Trinajstić information content (AvgIpc) is 3.63. The number of anilines is 3. The second-order valence-corrected chi connectivity index (χ2v) is 14.2. The van der Waals surface area contributed by atoms with Crippen LogP contribution in [0.25, 0.3) is 72.0 Å². The maximum absolute atomic E-state index is 2.39. The number of aromatic nitrogens is 1. The molecule has 0 N–H and O–H groups in total. The normalized spacial score (nSPS) is 11.2. The van der Waals surface area contributed by atoms with Gasteiger partial charge >= 0.3 is 0 Å². The molecule has 2 nitrogen and oxygen atoms in total. The molecule has 10 aromatic rings. The fraction of sp³-hybridized carbons (Fsp3) is 0. The van der Waals surface area contributed by atoms with Gasteiger partial charge in [-0.25, -0.2) is 0 Å². The van der Waals surface area contributed by atoms with Gasteiger partial charge in [0.2, 0.25) is 0 Å². The van der Waals surface area contributed by atoms with Crippen LogP contribution in [0, 0.1) is 0 Å². The first-order valence-electron chi connectivity index (χ1n) is 19.2. The largest absolute Gasteiger partial charge is 0.310 e. The van der Waals surface area contributed by atoms with Gasteiger partial charge in [-0.15, -0.1) is 0 Å². The molecule has 0 aliphatic heterocycles. The maximum atomic E-state index is 2.39. The zero-order chi connectivity index (χ0) is 37.3. The zero-order valence-corrected chi connectivity index (χ0v) is 30.8. The van der Waals surface area contributed by atoms with Gasteiger partial charge in [-0.3, -0.25) is 0 Å². The van der Waals surface area contributed by atoms with Crippen LogP contribution >= 0.6 is 0 Å². The zero-order valence-electron chi connectivity index (χ0n) is 30.8. The van der Waals surface area contributed by atoms with Gasteiger partial charge in [0.05, 0.1) is 11.0 Å². The Kier molecular flexibility index (Phi) is 8.55. The predicted octanol–water partition coefficient (Wildman–Crippen LogP) is 14.9. The molecule has 1 aromatic heterocycles. The van der Waals surface area contributed by atoms with Gasteiger partial charge < -0.3 is 9.47 Å². The van der Waals surface area contributed by atoms with E-state index in [0.29, 0.717) is 0 Å². The van der Waals surface area contributed by atoms with E-state index in [-0.39, 0.29) is 0 Å². The Bertz CT molecular complexity index is 2940. The molecule has 0 aliphatic rings. The number of rotatable bonds is 8. The first-order chi connectivity index (χ1) is 27.8. The maximum Gasteiger partial charge on any atom is 0.0547 e. The average molecular weight is 715 g/mol. The molecule has 0 atom stereocenters. The lowest BCUT2D eigenvalue weighted by molar-refractivity contribution is 1.18. The molecule has 2 heteroatoms. The van der Waals surface area contributed by atoms with Crippen molar-refractivity contribution in [1.82, 2.24) is 4.57 Å². The third-order valence-electron chi connectivity index (χ3n) is 10.8. The number of benzene rings is 9. The van der Waals surface area contributed by atoms with Crippen molar-refractivity contribution in [1.29, 1.82) is 0 Å². The molecule has 0 saturated carbocycles. The molecule has 0 saturated heterocycles. The van der Waals surface area contributed by atoms with Crippen LogP contribution in [-0.2, 0) is 0 Å². The second-order valence-electron chi connectivity index (χ2n) is 14.2. The van der Waals surface area contributed by atoms with E-state index in [1.165, 1.54) is 66.3 Å². The van der Waals surface area contributed by atoms with Gasteiger partial charge in [0.1, 0.15) is 0 Å². The van der Waals surface area contributed by atoms with Gasteiger partial charge in [0, 0.05) is 33.5 Å². The molecule has 0 amide bonds. The van der Waals surface area contributed by atoms with E-state index in [0.717, 1.165) is 22.7 Å². The van der Waals surface area contributed by atoms with E-state index in [4.69, 9.17) is 0 Å². The summed E-state index contributed by atoms with van der Waals surface area (Å²) in [7, 11) is 0. The monoisotopic (exact) mass is 714 g/mol. The standard InChI is InChI=1S/C54H38N2/c1-4-16-39(17-5-1)42-20-12-21-43(36-42)41-32-34-47(35-33-41)55(48-26-13-22-44(37-48)40-18-6-2-7-19-40)49-27-14-23-45(38-49)50-29-15-31-53-54(50)51-28-10-11-30-52(51)56(53)46-24-8-3-9-25-46/h1-38H. The summed E-state index contributed by atoms with van der Waals surface area (Å²) in [5.74, 6) is 0. The highest BCUT2D eigenvalue weighted by Crippen LogP contribution is 2.42. The second kappa shape index (κ2) is 14.4. The van der Waals surface area contributed by atoms with Gasteiger partial charge in [0.25, 0.3) is 0 Å². The summed E-state index contributed by atoms with van der Waals surface area (Å²) in [6.07, 6.45) is 0. The van der Waals surface area contributed by atoms with Crippen LogP contribution in [0.4, 0.5) is 17.1 Å². The van der Waals surface area contributed by atoms with Crippen LogP contribution < -0.4 is 4.90 Å². The summed E-state index contributed by atoms with van der Waals surface area (Å²) >= 11 is 0. The topological polar surface area (TPSA) is 8.17 Å². The summed E-state index contributed by atoms with van der Waals surface area (Å²) in [4.78, 5) is 2.38. The van der Waals surface area contributed by atoms with E-state index in [1.54, 1.807) is 0 Å². The summed E-state index contributed by atoms with van der Waals surface area (Å²) in [6, 6.07) is 83.0.